The first-order valence-corrected chi connectivity index (χ1v) is 9.14. The van der Waals surface area contributed by atoms with E-state index in [1.54, 1.807) is 18.2 Å². The van der Waals surface area contributed by atoms with Crippen LogP contribution >= 0.6 is 0 Å². The first kappa shape index (κ1) is 15.6. The normalized spacial score (nSPS) is 15.4. The van der Waals surface area contributed by atoms with Crippen molar-refractivity contribution in [1.29, 1.82) is 0 Å². The van der Waals surface area contributed by atoms with Crippen LogP contribution in [0.4, 0.5) is 0 Å². The first-order valence-electron chi connectivity index (χ1n) is 7.70. The van der Waals surface area contributed by atoms with E-state index in [-0.39, 0.29) is 17.0 Å². The lowest BCUT2D eigenvalue weighted by atomic mass is 10.1. The van der Waals surface area contributed by atoms with E-state index in [4.69, 9.17) is 4.52 Å². The molecule has 1 aromatic heterocycles. The Morgan fingerprint density at radius 2 is 1.72 bits per heavy atom. The van der Waals surface area contributed by atoms with Crippen LogP contribution in [0.3, 0.4) is 0 Å². The van der Waals surface area contributed by atoms with Crippen LogP contribution in [0.15, 0.2) is 70.1 Å². The van der Waals surface area contributed by atoms with Gasteiger partial charge in [0.05, 0.1) is 12.1 Å². The SMILES string of the molecule is O=C1c2ccccc2S(=O)(=O)N1Cc1cc(Cc2ccccc2)on1. The fourth-order valence-electron chi connectivity index (χ4n) is 2.85. The molecule has 7 heteroatoms. The van der Waals surface area contributed by atoms with E-state index in [1.165, 1.54) is 12.1 Å². The molecule has 0 unspecified atom stereocenters. The van der Waals surface area contributed by atoms with E-state index in [0.717, 1.165) is 9.87 Å². The maximum Gasteiger partial charge on any atom is 0.269 e. The fourth-order valence-corrected chi connectivity index (χ4v) is 4.39. The average Bonchev–Trinajstić information content (AvgIpc) is 3.13. The van der Waals surface area contributed by atoms with E-state index in [1.807, 2.05) is 30.3 Å². The second-order valence-corrected chi connectivity index (χ2v) is 7.59. The third-order valence-electron chi connectivity index (χ3n) is 4.05. The van der Waals surface area contributed by atoms with Crippen molar-refractivity contribution in [3.63, 3.8) is 0 Å². The number of benzene rings is 2. The molecule has 0 atom stereocenters. The van der Waals surface area contributed by atoms with Crippen LogP contribution in [-0.4, -0.2) is 23.8 Å². The Morgan fingerprint density at radius 3 is 2.48 bits per heavy atom. The van der Waals surface area contributed by atoms with Crippen molar-refractivity contribution in [2.75, 3.05) is 0 Å². The summed E-state index contributed by atoms with van der Waals surface area (Å²) in [4.78, 5) is 12.4. The van der Waals surface area contributed by atoms with Gasteiger partial charge in [0.25, 0.3) is 15.9 Å². The molecule has 25 heavy (non-hydrogen) atoms. The van der Waals surface area contributed by atoms with E-state index in [2.05, 4.69) is 5.16 Å². The molecule has 0 spiro atoms. The molecule has 0 radical (unpaired) electrons. The quantitative estimate of drug-likeness (QED) is 0.719. The topological polar surface area (TPSA) is 80.5 Å². The predicted octanol–water partition coefficient (Wildman–Crippen LogP) is 2.61. The number of hydrogen-bond acceptors (Lipinski definition) is 5. The Hall–Kier alpha value is -2.93. The highest BCUT2D eigenvalue weighted by Crippen LogP contribution is 2.31. The summed E-state index contributed by atoms with van der Waals surface area (Å²) in [6.45, 7) is -0.145. The summed E-state index contributed by atoms with van der Waals surface area (Å²) in [5, 5.41) is 3.91. The fraction of sp³-hybridized carbons (Fsp3) is 0.111. The zero-order valence-electron chi connectivity index (χ0n) is 13.1. The number of aromatic nitrogens is 1. The highest BCUT2D eigenvalue weighted by molar-refractivity contribution is 7.90. The minimum atomic E-state index is -3.84. The molecule has 1 aliphatic heterocycles. The lowest BCUT2D eigenvalue weighted by Gasteiger charge is -2.12. The number of nitrogens with zero attached hydrogens (tertiary/aromatic N) is 2. The molecule has 126 valence electrons. The highest BCUT2D eigenvalue weighted by Gasteiger charge is 2.41. The van der Waals surface area contributed by atoms with E-state index in [0.29, 0.717) is 17.9 Å². The first-order chi connectivity index (χ1) is 12.1. The lowest BCUT2D eigenvalue weighted by Crippen LogP contribution is -2.29. The van der Waals surface area contributed by atoms with Crippen LogP contribution in [0, 0.1) is 0 Å². The van der Waals surface area contributed by atoms with Gasteiger partial charge in [-0.25, -0.2) is 12.7 Å². The van der Waals surface area contributed by atoms with Crippen molar-refractivity contribution in [3.8, 4) is 0 Å². The van der Waals surface area contributed by atoms with Gasteiger partial charge in [-0.3, -0.25) is 4.79 Å². The van der Waals surface area contributed by atoms with Gasteiger partial charge in [0.1, 0.15) is 16.3 Å². The van der Waals surface area contributed by atoms with Gasteiger partial charge < -0.3 is 4.52 Å². The van der Waals surface area contributed by atoms with Gasteiger partial charge >= 0.3 is 0 Å². The summed E-state index contributed by atoms with van der Waals surface area (Å²) in [5.41, 5.74) is 1.65. The van der Waals surface area contributed by atoms with E-state index < -0.39 is 15.9 Å². The lowest BCUT2D eigenvalue weighted by molar-refractivity contribution is 0.0863. The second-order valence-electron chi connectivity index (χ2n) is 5.76. The molecule has 2 aromatic carbocycles. The summed E-state index contributed by atoms with van der Waals surface area (Å²) in [5.74, 6) is 0.0750. The van der Waals surface area contributed by atoms with Crippen LogP contribution in [0.1, 0.15) is 27.4 Å². The summed E-state index contributed by atoms with van der Waals surface area (Å²) >= 11 is 0. The number of hydrogen-bond donors (Lipinski definition) is 0. The molecule has 0 fully saturated rings. The van der Waals surface area contributed by atoms with Gasteiger partial charge in [0.15, 0.2) is 0 Å². The number of carbonyl (C=O) groups is 1. The van der Waals surface area contributed by atoms with Crippen molar-refractivity contribution in [3.05, 3.63) is 83.2 Å². The van der Waals surface area contributed by atoms with Crippen LogP contribution < -0.4 is 0 Å². The van der Waals surface area contributed by atoms with Crippen molar-refractivity contribution in [1.82, 2.24) is 9.46 Å². The van der Waals surface area contributed by atoms with Crippen LogP contribution in [0.25, 0.3) is 0 Å². The van der Waals surface area contributed by atoms with Crippen molar-refractivity contribution in [2.45, 2.75) is 17.9 Å². The predicted molar refractivity (Wildman–Crippen MR) is 89.3 cm³/mol. The highest BCUT2D eigenvalue weighted by atomic mass is 32.2. The zero-order valence-corrected chi connectivity index (χ0v) is 13.9. The summed E-state index contributed by atoms with van der Waals surface area (Å²) < 4.78 is 31.2. The standard InChI is InChI=1S/C18H14N2O4S/c21-18-16-8-4-5-9-17(16)25(22,23)20(18)12-14-11-15(24-19-14)10-13-6-2-1-3-7-13/h1-9,11H,10,12H2. The molecular formula is C18H14N2O4S. The smallest absolute Gasteiger partial charge is 0.269 e. The maximum absolute atomic E-state index is 12.5. The average molecular weight is 354 g/mol. The van der Waals surface area contributed by atoms with Gasteiger partial charge in [0, 0.05) is 12.5 Å². The Bertz CT molecular complexity index is 1040. The Morgan fingerprint density at radius 1 is 1.00 bits per heavy atom. The number of carbonyl (C=O) groups excluding carboxylic acids is 1. The maximum atomic E-state index is 12.5. The molecule has 0 aliphatic carbocycles. The molecule has 1 amide bonds. The number of sulfonamides is 1. The van der Waals surface area contributed by atoms with Gasteiger partial charge in [-0.15, -0.1) is 0 Å². The molecular weight excluding hydrogens is 340 g/mol. The number of amides is 1. The summed E-state index contributed by atoms with van der Waals surface area (Å²) in [6.07, 6.45) is 0.550. The minimum absolute atomic E-state index is 0.0352. The van der Waals surface area contributed by atoms with Crippen molar-refractivity contribution in [2.24, 2.45) is 0 Å². The molecule has 2 heterocycles. The Labute approximate surface area is 144 Å². The van der Waals surface area contributed by atoms with Gasteiger partial charge in [-0.1, -0.05) is 47.6 Å². The molecule has 6 nitrogen and oxygen atoms in total. The molecule has 1 aliphatic rings. The number of rotatable bonds is 4. The second kappa shape index (κ2) is 5.86. The summed E-state index contributed by atoms with van der Waals surface area (Å²) in [6, 6.07) is 17.6. The van der Waals surface area contributed by atoms with Crippen LogP contribution in [-0.2, 0) is 23.0 Å². The molecule has 0 N–H and O–H groups in total. The third-order valence-corrected chi connectivity index (χ3v) is 5.83. The molecule has 0 saturated carbocycles. The van der Waals surface area contributed by atoms with Crippen LogP contribution in [0.5, 0.6) is 0 Å². The minimum Gasteiger partial charge on any atom is -0.361 e. The molecule has 4 rings (SSSR count). The van der Waals surface area contributed by atoms with Crippen molar-refractivity contribution >= 4 is 15.9 Å². The van der Waals surface area contributed by atoms with Crippen LogP contribution in [0.2, 0.25) is 0 Å². The van der Waals surface area contributed by atoms with E-state index >= 15 is 0 Å². The third kappa shape index (κ3) is 2.72. The Kier molecular flexibility index (Phi) is 3.65. The van der Waals surface area contributed by atoms with Crippen molar-refractivity contribution < 1.29 is 17.7 Å². The monoisotopic (exact) mass is 354 g/mol. The van der Waals surface area contributed by atoms with Gasteiger partial charge in [0.2, 0.25) is 0 Å². The molecule has 0 saturated heterocycles. The molecule has 3 aromatic rings. The Balaban J connectivity index is 1.57. The van der Waals surface area contributed by atoms with Gasteiger partial charge in [-0.2, -0.15) is 0 Å². The largest absolute Gasteiger partial charge is 0.361 e. The van der Waals surface area contributed by atoms with E-state index in [9.17, 15) is 13.2 Å². The zero-order chi connectivity index (χ0) is 17.4. The van der Waals surface area contributed by atoms with Gasteiger partial charge in [-0.05, 0) is 17.7 Å². The number of fused-ring (bicyclic) bond motifs is 1. The summed E-state index contributed by atoms with van der Waals surface area (Å²) in [7, 11) is -3.84. The molecule has 0 bridgehead atoms.